The molecular formula is C49H33IrN3S-2. The van der Waals surface area contributed by atoms with Crippen molar-refractivity contribution in [1.82, 2.24) is 14.5 Å². The zero-order valence-corrected chi connectivity index (χ0v) is 32.6. The van der Waals surface area contributed by atoms with Gasteiger partial charge in [0.05, 0.1) is 22.5 Å². The van der Waals surface area contributed by atoms with Crippen molar-refractivity contribution >= 4 is 43.2 Å². The number of rotatable bonds is 5. The van der Waals surface area contributed by atoms with Crippen molar-refractivity contribution in [2.45, 2.75) is 6.92 Å². The van der Waals surface area contributed by atoms with E-state index in [-0.39, 0.29) is 20.1 Å². The molecule has 3 heterocycles. The fourth-order valence-corrected chi connectivity index (χ4v) is 8.04. The molecule has 7 aromatic carbocycles. The zero-order chi connectivity index (χ0) is 35.6. The Hall–Kier alpha value is -5.97. The summed E-state index contributed by atoms with van der Waals surface area (Å²) in [5.41, 5.74) is 12.2. The number of aromatic nitrogens is 3. The van der Waals surface area contributed by atoms with E-state index in [0.29, 0.717) is 0 Å². The number of fused-ring (bicyclic) bond motifs is 4. The number of para-hydroxylation sites is 2. The molecule has 0 aliphatic carbocycles. The minimum Gasteiger partial charge on any atom is -0.332 e. The van der Waals surface area contributed by atoms with E-state index in [1.54, 1.807) is 17.5 Å². The number of hydrogen-bond donors (Lipinski definition) is 0. The van der Waals surface area contributed by atoms with Crippen LogP contribution < -0.4 is 0 Å². The van der Waals surface area contributed by atoms with Gasteiger partial charge in [-0.3, -0.25) is 16.3 Å². The van der Waals surface area contributed by atoms with Crippen molar-refractivity contribution < 1.29 is 20.1 Å². The van der Waals surface area contributed by atoms with Crippen LogP contribution in [0.15, 0.2) is 182 Å². The average Bonchev–Trinajstić information content (AvgIpc) is 3.84. The van der Waals surface area contributed by atoms with Gasteiger partial charge in [0, 0.05) is 37.4 Å². The summed E-state index contributed by atoms with van der Waals surface area (Å²) in [4.78, 5) is 9.51. The van der Waals surface area contributed by atoms with Crippen LogP contribution in [0.4, 0.5) is 0 Å². The molecule has 5 heteroatoms. The monoisotopic (exact) mass is 888 g/mol. The van der Waals surface area contributed by atoms with Gasteiger partial charge in [-0.2, -0.15) is 0 Å². The Morgan fingerprint density at radius 2 is 1.28 bits per heavy atom. The Labute approximate surface area is 332 Å². The molecule has 54 heavy (non-hydrogen) atoms. The summed E-state index contributed by atoms with van der Waals surface area (Å²) in [6.07, 6.45) is 1.79. The van der Waals surface area contributed by atoms with Gasteiger partial charge in [0.1, 0.15) is 0 Å². The molecule has 0 fully saturated rings. The van der Waals surface area contributed by atoms with Gasteiger partial charge in [0.2, 0.25) is 0 Å². The van der Waals surface area contributed by atoms with E-state index >= 15 is 0 Å². The zero-order valence-electron chi connectivity index (χ0n) is 29.4. The summed E-state index contributed by atoms with van der Waals surface area (Å²) in [7, 11) is 0. The van der Waals surface area contributed by atoms with Crippen LogP contribution in [0.2, 0.25) is 0 Å². The molecule has 3 nitrogen and oxygen atoms in total. The smallest absolute Gasteiger partial charge is 0.0774 e. The van der Waals surface area contributed by atoms with Crippen LogP contribution >= 0.6 is 11.3 Å². The predicted octanol–water partition coefficient (Wildman–Crippen LogP) is 13.0. The minimum atomic E-state index is 0. The number of thiophene rings is 1. The van der Waals surface area contributed by atoms with Crippen molar-refractivity contribution in [2.75, 3.05) is 0 Å². The molecule has 0 aliphatic heterocycles. The normalized spacial score (nSPS) is 10.9. The second-order valence-electron chi connectivity index (χ2n) is 12.9. The largest absolute Gasteiger partial charge is 0.332 e. The molecule has 0 saturated carbocycles. The molecular weight excluding hydrogens is 855 g/mol. The molecule has 0 bridgehead atoms. The molecule has 0 spiro atoms. The van der Waals surface area contributed by atoms with Gasteiger partial charge in [-0.15, -0.1) is 47.3 Å². The third kappa shape index (κ3) is 6.70. The van der Waals surface area contributed by atoms with E-state index in [9.17, 15) is 0 Å². The Morgan fingerprint density at radius 3 is 1.98 bits per heavy atom. The fraction of sp³-hybridized carbons (Fsp3) is 0.0204. The van der Waals surface area contributed by atoms with Crippen LogP contribution in [0.3, 0.4) is 0 Å². The number of hydrogen-bond acceptors (Lipinski definition) is 3. The standard InChI is InChI=1S/C38H25N2S.C11H8N.Ir/c1-25-22-31(26-12-4-2-5-13-26)36(32(23-25)27-14-6-3-7-15-27)40-35-19-11-10-18-34(35)39-38(40)33-24-41-37-29-17-9-8-16-28(29)20-21-30(33)37;1-2-6-10(7-3-1)11-8-4-5-9-12-11;/h2-23H,1H3;1-6,8-9H;/q2*-1;. The first kappa shape index (κ1) is 35.1. The van der Waals surface area contributed by atoms with Crippen LogP contribution in [-0.2, 0) is 20.1 Å². The van der Waals surface area contributed by atoms with E-state index < -0.39 is 0 Å². The van der Waals surface area contributed by atoms with Crippen LogP contribution in [0.25, 0.3) is 82.5 Å². The topological polar surface area (TPSA) is 30.7 Å². The quantitative estimate of drug-likeness (QED) is 0.161. The Bertz CT molecular complexity index is 2730. The third-order valence-electron chi connectivity index (χ3n) is 9.49. The van der Waals surface area contributed by atoms with Crippen LogP contribution in [0, 0.1) is 18.4 Å². The van der Waals surface area contributed by atoms with Crippen molar-refractivity contribution in [1.29, 1.82) is 0 Å². The molecule has 0 atom stereocenters. The first-order chi connectivity index (χ1) is 26.2. The fourth-order valence-electron chi connectivity index (χ4n) is 7.06. The molecule has 261 valence electrons. The molecule has 0 unspecified atom stereocenters. The molecule has 10 rings (SSSR count). The number of benzene rings is 7. The molecule has 0 amide bonds. The molecule has 0 saturated heterocycles. The van der Waals surface area contributed by atoms with E-state index in [4.69, 9.17) is 4.98 Å². The van der Waals surface area contributed by atoms with Gasteiger partial charge in [0.25, 0.3) is 0 Å². The maximum atomic E-state index is 5.29. The number of pyridine rings is 1. The number of nitrogens with zero attached hydrogens (tertiary/aromatic N) is 3. The van der Waals surface area contributed by atoms with Gasteiger partial charge in [0.15, 0.2) is 0 Å². The van der Waals surface area contributed by atoms with Crippen molar-refractivity contribution in [3.05, 3.63) is 199 Å². The number of imidazole rings is 1. The summed E-state index contributed by atoms with van der Waals surface area (Å²) >= 11 is 1.68. The van der Waals surface area contributed by atoms with E-state index in [1.165, 1.54) is 48.7 Å². The maximum absolute atomic E-state index is 5.29. The van der Waals surface area contributed by atoms with Crippen molar-refractivity contribution in [3.8, 4) is 50.6 Å². The molecule has 0 aliphatic rings. The summed E-state index contributed by atoms with van der Waals surface area (Å²) in [5, 5.41) is 7.36. The van der Waals surface area contributed by atoms with E-state index in [0.717, 1.165) is 39.4 Å². The number of aryl methyl sites for hydroxylation is 1. The van der Waals surface area contributed by atoms with Gasteiger partial charge >= 0.3 is 0 Å². The predicted molar refractivity (Wildman–Crippen MR) is 222 cm³/mol. The second kappa shape index (κ2) is 15.6. The summed E-state index contributed by atoms with van der Waals surface area (Å²) in [6.45, 7) is 2.18. The molecule has 0 N–H and O–H groups in total. The van der Waals surface area contributed by atoms with Crippen LogP contribution in [0.5, 0.6) is 0 Å². The first-order valence-corrected chi connectivity index (χ1v) is 18.5. The summed E-state index contributed by atoms with van der Waals surface area (Å²) in [6, 6.07) is 64.3. The third-order valence-corrected chi connectivity index (χ3v) is 10.4. The molecule has 3 aromatic heterocycles. The van der Waals surface area contributed by atoms with Gasteiger partial charge in [-0.05, 0) is 65.0 Å². The van der Waals surface area contributed by atoms with Crippen LogP contribution in [0.1, 0.15) is 5.56 Å². The Balaban J connectivity index is 0.000000271. The van der Waals surface area contributed by atoms with E-state index in [2.05, 4.69) is 161 Å². The summed E-state index contributed by atoms with van der Waals surface area (Å²) < 4.78 is 3.61. The van der Waals surface area contributed by atoms with Crippen molar-refractivity contribution in [2.24, 2.45) is 0 Å². The average molecular weight is 888 g/mol. The molecule has 1 radical (unpaired) electrons. The van der Waals surface area contributed by atoms with Crippen molar-refractivity contribution in [3.63, 3.8) is 0 Å². The summed E-state index contributed by atoms with van der Waals surface area (Å²) in [5.74, 6) is 0.908. The minimum absolute atomic E-state index is 0. The van der Waals surface area contributed by atoms with Gasteiger partial charge in [-0.25, -0.2) is 0 Å². The Morgan fingerprint density at radius 1 is 0.611 bits per heavy atom. The Kier molecular flexibility index (Phi) is 10.1. The maximum Gasteiger partial charge on any atom is 0.0774 e. The first-order valence-electron chi connectivity index (χ1n) is 17.7. The van der Waals surface area contributed by atoms with Gasteiger partial charge in [-0.1, -0.05) is 136 Å². The second-order valence-corrected chi connectivity index (χ2v) is 13.8. The van der Waals surface area contributed by atoms with Gasteiger partial charge < -0.3 is 9.55 Å². The van der Waals surface area contributed by atoms with Crippen LogP contribution in [-0.4, -0.2) is 14.5 Å². The molecule has 10 aromatic rings. The van der Waals surface area contributed by atoms with E-state index in [1.807, 2.05) is 42.5 Å². The SMILES string of the molecule is Cc1cc(-c2ccccc2)c(-n2c(-c3[c-]sc4c3ccc3ccccc34)nc3ccccc32)c(-c2ccccc2)c1.[Ir].[c-]1ccccc1-c1ccccn1.